The third-order valence-electron chi connectivity index (χ3n) is 6.79. The van der Waals surface area contributed by atoms with Crippen LogP contribution in [0, 0.1) is 5.82 Å². The molecule has 4 rings (SSSR count). The topological polar surface area (TPSA) is 60.0 Å². The Kier molecular flexibility index (Phi) is 8.10. The van der Waals surface area contributed by atoms with Gasteiger partial charge in [0.2, 0.25) is 0 Å². The Labute approximate surface area is 212 Å². The van der Waals surface area contributed by atoms with Crippen molar-refractivity contribution in [1.29, 1.82) is 0 Å². The number of hydrogen-bond donors (Lipinski definition) is 1. The van der Waals surface area contributed by atoms with Crippen molar-refractivity contribution in [2.45, 2.75) is 38.4 Å². The second kappa shape index (κ2) is 11.4. The molecule has 190 valence electrons. The molecule has 2 unspecified atom stereocenters. The molecule has 0 aliphatic carbocycles. The molecule has 0 radical (unpaired) electrons. The Hall–Kier alpha value is -3.58. The number of halogens is 1. The maximum absolute atomic E-state index is 13.4. The molecule has 1 aliphatic heterocycles. The Morgan fingerprint density at radius 1 is 1.03 bits per heavy atom. The first-order valence-corrected chi connectivity index (χ1v) is 12.2. The van der Waals surface area contributed by atoms with Gasteiger partial charge in [-0.25, -0.2) is 4.39 Å². The second-order valence-electron chi connectivity index (χ2n) is 8.92. The molecule has 6 nitrogen and oxygen atoms in total. The van der Waals surface area contributed by atoms with E-state index in [1.807, 2.05) is 30.3 Å². The minimum Gasteiger partial charge on any atom is -0.497 e. The average Bonchev–Trinajstić information content (AvgIpc) is 2.91. The van der Waals surface area contributed by atoms with E-state index in [4.69, 9.17) is 14.2 Å². The number of carbonyl (C=O) groups is 1. The van der Waals surface area contributed by atoms with E-state index in [1.165, 1.54) is 29.8 Å². The summed E-state index contributed by atoms with van der Waals surface area (Å²) in [6.07, 6.45) is 1.55. The summed E-state index contributed by atoms with van der Waals surface area (Å²) in [6, 6.07) is 17.4. The number of rotatable bonds is 9. The van der Waals surface area contributed by atoms with Crippen molar-refractivity contribution in [2.24, 2.45) is 0 Å². The van der Waals surface area contributed by atoms with Crippen LogP contribution in [0.25, 0.3) is 0 Å². The summed E-state index contributed by atoms with van der Waals surface area (Å²) in [4.78, 5) is 15.5. The zero-order valence-electron chi connectivity index (χ0n) is 21.2. The van der Waals surface area contributed by atoms with Gasteiger partial charge in [-0.05, 0) is 78.1 Å². The molecule has 3 aromatic carbocycles. The van der Waals surface area contributed by atoms with Gasteiger partial charge in [0.1, 0.15) is 11.6 Å². The van der Waals surface area contributed by atoms with Crippen molar-refractivity contribution >= 4 is 5.91 Å². The number of hydrogen-bond acceptors (Lipinski definition) is 5. The SMILES string of the molecule is CCC(NC(=O)c1ccc(F)cc1)C1c2cc(OC)c(OC)cc2CCN1Cc1cccc(OC)c1. The van der Waals surface area contributed by atoms with Gasteiger partial charge in [0.15, 0.2) is 11.5 Å². The maximum Gasteiger partial charge on any atom is 0.251 e. The summed E-state index contributed by atoms with van der Waals surface area (Å²) >= 11 is 0. The number of amides is 1. The van der Waals surface area contributed by atoms with Gasteiger partial charge in [-0.15, -0.1) is 0 Å². The van der Waals surface area contributed by atoms with Crippen molar-refractivity contribution in [1.82, 2.24) is 10.2 Å². The molecular formula is C29H33FN2O4. The summed E-state index contributed by atoms with van der Waals surface area (Å²) in [5.74, 6) is 1.56. The number of benzene rings is 3. The molecule has 1 amide bonds. The first kappa shape index (κ1) is 25.5. The van der Waals surface area contributed by atoms with E-state index in [1.54, 1.807) is 21.3 Å². The van der Waals surface area contributed by atoms with Crippen molar-refractivity contribution in [3.05, 3.63) is 88.7 Å². The normalized spacial score (nSPS) is 16.1. The first-order valence-electron chi connectivity index (χ1n) is 12.2. The molecule has 0 spiro atoms. The van der Waals surface area contributed by atoms with Gasteiger partial charge in [0, 0.05) is 24.7 Å². The Bertz CT molecular complexity index is 1200. The highest BCUT2D eigenvalue weighted by Gasteiger charge is 2.35. The lowest BCUT2D eigenvalue weighted by Crippen LogP contribution is -2.48. The standard InChI is InChI=1S/C29H33FN2O4/c1-5-25(31-29(33)20-9-11-22(30)12-10-20)28-24-17-27(36-4)26(35-3)16-21(24)13-14-32(28)18-19-7-6-8-23(15-19)34-2/h6-12,15-17,25,28H,5,13-14,18H2,1-4H3,(H,31,33). The number of nitrogens with one attached hydrogen (secondary N) is 1. The molecule has 0 saturated heterocycles. The zero-order chi connectivity index (χ0) is 25.7. The van der Waals surface area contributed by atoms with Crippen LogP contribution in [0.1, 0.15) is 46.4 Å². The van der Waals surface area contributed by atoms with Gasteiger partial charge in [-0.1, -0.05) is 19.1 Å². The number of ether oxygens (including phenoxy) is 3. The molecular weight excluding hydrogens is 459 g/mol. The summed E-state index contributed by atoms with van der Waals surface area (Å²) in [5.41, 5.74) is 3.84. The van der Waals surface area contributed by atoms with Crippen LogP contribution in [-0.2, 0) is 13.0 Å². The molecule has 0 aromatic heterocycles. The first-order chi connectivity index (χ1) is 17.5. The van der Waals surface area contributed by atoms with Crippen molar-refractivity contribution in [3.63, 3.8) is 0 Å². The lowest BCUT2D eigenvalue weighted by Gasteiger charge is -2.42. The van der Waals surface area contributed by atoms with Crippen molar-refractivity contribution in [3.8, 4) is 17.2 Å². The number of methoxy groups -OCH3 is 3. The van der Waals surface area contributed by atoms with Crippen LogP contribution in [0.2, 0.25) is 0 Å². The molecule has 36 heavy (non-hydrogen) atoms. The largest absolute Gasteiger partial charge is 0.497 e. The highest BCUT2D eigenvalue weighted by atomic mass is 19.1. The summed E-state index contributed by atoms with van der Waals surface area (Å²) in [6.45, 7) is 3.57. The lowest BCUT2D eigenvalue weighted by molar-refractivity contribution is 0.0859. The molecule has 0 fully saturated rings. The summed E-state index contributed by atoms with van der Waals surface area (Å²) in [5, 5.41) is 3.22. The maximum atomic E-state index is 13.4. The zero-order valence-corrected chi connectivity index (χ0v) is 21.2. The molecule has 2 atom stereocenters. The molecule has 1 aliphatic rings. The van der Waals surface area contributed by atoms with Crippen LogP contribution < -0.4 is 19.5 Å². The van der Waals surface area contributed by atoms with Crippen molar-refractivity contribution in [2.75, 3.05) is 27.9 Å². The van der Waals surface area contributed by atoms with E-state index in [0.717, 1.165) is 29.8 Å². The van der Waals surface area contributed by atoms with Crippen LogP contribution in [-0.4, -0.2) is 44.7 Å². The minimum atomic E-state index is -0.370. The third kappa shape index (κ3) is 5.46. The van der Waals surface area contributed by atoms with Gasteiger partial charge >= 0.3 is 0 Å². The van der Waals surface area contributed by atoms with Crippen LogP contribution >= 0.6 is 0 Å². The van der Waals surface area contributed by atoms with E-state index in [9.17, 15) is 9.18 Å². The fourth-order valence-electron chi connectivity index (χ4n) is 4.94. The number of carbonyl (C=O) groups excluding carboxylic acids is 1. The fourth-order valence-corrected chi connectivity index (χ4v) is 4.94. The van der Waals surface area contributed by atoms with Gasteiger partial charge in [-0.2, -0.15) is 0 Å². The van der Waals surface area contributed by atoms with Gasteiger partial charge in [0.05, 0.1) is 27.4 Å². The van der Waals surface area contributed by atoms with Crippen LogP contribution in [0.4, 0.5) is 4.39 Å². The van der Waals surface area contributed by atoms with E-state index in [-0.39, 0.29) is 23.8 Å². The molecule has 3 aromatic rings. The molecule has 1 heterocycles. The molecule has 1 N–H and O–H groups in total. The third-order valence-corrected chi connectivity index (χ3v) is 6.79. The van der Waals surface area contributed by atoms with E-state index in [2.05, 4.69) is 23.2 Å². The lowest BCUT2D eigenvalue weighted by atomic mass is 9.86. The van der Waals surface area contributed by atoms with Crippen LogP contribution in [0.15, 0.2) is 60.7 Å². The molecule has 7 heteroatoms. The summed E-state index contributed by atoms with van der Waals surface area (Å²) in [7, 11) is 4.93. The van der Waals surface area contributed by atoms with E-state index < -0.39 is 0 Å². The predicted molar refractivity (Wildman–Crippen MR) is 137 cm³/mol. The smallest absolute Gasteiger partial charge is 0.251 e. The molecule has 0 saturated carbocycles. The Morgan fingerprint density at radius 3 is 2.42 bits per heavy atom. The van der Waals surface area contributed by atoms with Gasteiger partial charge < -0.3 is 19.5 Å². The quantitative estimate of drug-likeness (QED) is 0.447. The predicted octanol–water partition coefficient (Wildman–Crippen LogP) is 5.16. The van der Waals surface area contributed by atoms with E-state index in [0.29, 0.717) is 30.0 Å². The van der Waals surface area contributed by atoms with Gasteiger partial charge in [-0.3, -0.25) is 9.69 Å². The van der Waals surface area contributed by atoms with E-state index >= 15 is 0 Å². The average molecular weight is 493 g/mol. The second-order valence-corrected chi connectivity index (χ2v) is 8.92. The van der Waals surface area contributed by atoms with Gasteiger partial charge in [0.25, 0.3) is 5.91 Å². The monoisotopic (exact) mass is 492 g/mol. The van der Waals surface area contributed by atoms with Crippen LogP contribution in [0.5, 0.6) is 17.2 Å². The Balaban J connectivity index is 1.72. The number of nitrogens with zero attached hydrogens (tertiary/aromatic N) is 1. The highest BCUT2D eigenvalue weighted by Crippen LogP contribution is 2.40. The van der Waals surface area contributed by atoms with Crippen LogP contribution in [0.3, 0.4) is 0 Å². The Morgan fingerprint density at radius 2 is 1.75 bits per heavy atom. The molecule has 0 bridgehead atoms. The number of fused-ring (bicyclic) bond motifs is 1. The fraction of sp³-hybridized carbons (Fsp3) is 0.345. The highest BCUT2D eigenvalue weighted by molar-refractivity contribution is 5.94. The minimum absolute atomic E-state index is 0.103. The van der Waals surface area contributed by atoms with Crippen molar-refractivity contribution < 1.29 is 23.4 Å². The summed E-state index contributed by atoms with van der Waals surface area (Å²) < 4.78 is 30.0.